The smallest absolute Gasteiger partial charge is 0.0701 e. The van der Waals surface area contributed by atoms with Crippen molar-refractivity contribution < 1.29 is 37.9 Å². The van der Waals surface area contributed by atoms with Crippen LogP contribution in [0.1, 0.15) is 136 Å². The topological polar surface area (TPSA) is 73.8 Å². The Labute approximate surface area is 279 Å². The molecule has 0 aliphatic heterocycles. The summed E-state index contributed by atoms with van der Waals surface area (Å²) < 4.78 is 44.4. The molecule has 0 atom stereocenters. The van der Waals surface area contributed by atoms with Gasteiger partial charge in [0.2, 0.25) is 0 Å². The van der Waals surface area contributed by atoms with Crippen LogP contribution in [0.15, 0.2) is 0 Å². The molecule has 0 aromatic heterocycles. The molecule has 0 spiro atoms. The van der Waals surface area contributed by atoms with Crippen molar-refractivity contribution in [2.75, 3.05) is 106 Å². The van der Waals surface area contributed by atoms with Gasteiger partial charge in [-0.25, -0.2) is 0 Å². The van der Waals surface area contributed by atoms with Crippen LogP contribution < -0.4 is 0 Å². The first-order valence-electron chi connectivity index (χ1n) is 19.0. The molecule has 0 N–H and O–H groups in total. The van der Waals surface area contributed by atoms with Gasteiger partial charge >= 0.3 is 0 Å². The van der Waals surface area contributed by atoms with Gasteiger partial charge in [0.25, 0.3) is 0 Å². The molecule has 0 saturated heterocycles. The molecule has 0 aromatic carbocycles. The molecule has 0 radical (unpaired) electrons. The molecule has 0 aromatic rings. The second kappa shape index (κ2) is 43.7. The lowest BCUT2D eigenvalue weighted by Crippen LogP contribution is -2.15. The summed E-state index contributed by atoms with van der Waals surface area (Å²) in [6, 6.07) is 0. The molecule has 8 nitrogen and oxygen atoms in total. The third kappa shape index (κ3) is 43.7. The molecule has 0 aliphatic carbocycles. The largest absolute Gasteiger partial charge is 0.379 e. The van der Waals surface area contributed by atoms with Gasteiger partial charge in [-0.05, 0) is 12.8 Å². The summed E-state index contributed by atoms with van der Waals surface area (Å²) >= 11 is 0. The average molecular weight is 649 g/mol. The predicted octanol–water partition coefficient (Wildman–Crippen LogP) is 8.57. The summed E-state index contributed by atoms with van der Waals surface area (Å²) in [5.41, 5.74) is 0. The van der Waals surface area contributed by atoms with Crippen molar-refractivity contribution in [2.24, 2.45) is 0 Å². The molecule has 272 valence electrons. The zero-order valence-electron chi connectivity index (χ0n) is 30.0. The summed E-state index contributed by atoms with van der Waals surface area (Å²) in [5, 5.41) is 0. The van der Waals surface area contributed by atoms with E-state index in [9.17, 15) is 0 Å². The van der Waals surface area contributed by atoms with E-state index in [1.165, 1.54) is 109 Å². The summed E-state index contributed by atoms with van der Waals surface area (Å²) in [4.78, 5) is 0. The zero-order valence-corrected chi connectivity index (χ0v) is 30.0. The van der Waals surface area contributed by atoms with Crippen LogP contribution in [-0.2, 0) is 37.9 Å². The molecule has 8 heteroatoms. The lowest BCUT2D eigenvalue weighted by molar-refractivity contribution is -0.0232. The van der Waals surface area contributed by atoms with E-state index in [0.29, 0.717) is 92.5 Å². The van der Waals surface area contributed by atoms with Gasteiger partial charge in [0.15, 0.2) is 0 Å². The van der Waals surface area contributed by atoms with E-state index < -0.39 is 0 Å². The molecular formula is C37H76O8. The van der Waals surface area contributed by atoms with Crippen LogP contribution in [0.25, 0.3) is 0 Å². The summed E-state index contributed by atoms with van der Waals surface area (Å²) in [5.74, 6) is 0. The molecule has 0 aliphatic rings. The fourth-order valence-electron chi connectivity index (χ4n) is 4.85. The second-order valence-corrected chi connectivity index (χ2v) is 11.9. The van der Waals surface area contributed by atoms with Gasteiger partial charge in [-0.3, -0.25) is 0 Å². The first-order chi connectivity index (χ1) is 22.4. The normalized spacial score (nSPS) is 11.6. The van der Waals surface area contributed by atoms with Crippen LogP contribution in [0, 0.1) is 0 Å². The van der Waals surface area contributed by atoms with Crippen LogP contribution in [0.5, 0.6) is 0 Å². The van der Waals surface area contributed by atoms with Crippen LogP contribution in [0.2, 0.25) is 0 Å². The average Bonchev–Trinajstić information content (AvgIpc) is 3.05. The van der Waals surface area contributed by atoms with E-state index in [-0.39, 0.29) is 0 Å². The Morgan fingerprint density at radius 2 is 0.333 bits per heavy atom. The van der Waals surface area contributed by atoms with Gasteiger partial charge in [-0.2, -0.15) is 0 Å². The monoisotopic (exact) mass is 649 g/mol. The van der Waals surface area contributed by atoms with Gasteiger partial charge < -0.3 is 37.9 Å². The van der Waals surface area contributed by atoms with E-state index >= 15 is 0 Å². The van der Waals surface area contributed by atoms with Crippen molar-refractivity contribution in [3.63, 3.8) is 0 Å². The molecule has 0 fully saturated rings. The minimum atomic E-state index is 0.554. The summed E-state index contributed by atoms with van der Waals surface area (Å²) in [6.45, 7) is 14.4. The third-order valence-electron chi connectivity index (χ3n) is 7.64. The van der Waals surface area contributed by atoms with E-state index in [2.05, 4.69) is 13.8 Å². The fraction of sp³-hybridized carbons (Fsp3) is 1.00. The summed E-state index contributed by atoms with van der Waals surface area (Å²) in [7, 11) is 0. The quantitative estimate of drug-likeness (QED) is 0.0610. The van der Waals surface area contributed by atoms with Crippen molar-refractivity contribution in [3.8, 4) is 0 Å². The van der Waals surface area contributed by atoms with Crippen LogP contribution in [-0.4, -0.2) is 106 Å². The first kappa shape index (κ1) is 44.7. The van der Waals surface area contributed by atoms with Crippen molar-refractivity contribution >= 4 is 0 Å². The number of hydrogen-bond acceptors (Lipinski definition) is 8. The molecule has 0 rings (SSSR count). The third-order valence-corrected chi connectivity index (χ3v) is 7.64. The Kier molecular flexibility index (Phi) is 43.4. The van der Waals surface area contributed by atoms with Gasteiger partial charge in [0, 0.05) is 13.2 Å². The number of unbranched alkanes of at least 4 members (excludes halogenated alkanes) is 17. The standard InChI is InChI=1S/C37H76O8/c1-3-5-7-9-10-11-12-13-14-15-16-17-19-21-23-39-25-27-41-29-31-43-33-35-45-37-36-44-34-32-42-30-28-40-26-24-38-22-20-18-8-6-4-2/h3-37H2,1-2H3. The molecule has 45 heavy (non-hydrogen) atoms. The Hall–Kier alpha value is -0.320. The highest BCUT2D eigenvalue weighted by Gasteiger charge is 1.97. The first-order valence-corrected chi connectivity index (χ1v) is 19.0. The molecule has 0 heterocycles. The van der Waals surface area contributed by atoms with Crippen molar-refractivity contribution in [3.05, 3.63) is 0 Å². The maximum atomic E-state index is 5.68. The minimum Gasteiger partial charge on any atom is -0.379 e. The second-order valence-electron chi connectivity index (χ2n) is 11.9. The van der Waals surface area contributed by atoms with E-state index in [1.54, 1.807) is 0 Å². The highest BCUT2D eigenvalue weighted by atomic mass is 16.6. The molecule has 0 amide bonds. The molecular weight excluding hydrogens is 572 g/mol. The van der Waals surface area contributed by atoms with Gasteiger partial charge in [-0.15, -0.1) is 0 Å². The van der Waals surface area contributed by atoms with Gasteiger partial charge in [0.1, 0.15) is 0 Å². The molecule has 0 bridgehead atoms. The highest BCUT2D eigenvalue weighted by Crippen LogP contribution is 2.13. The highest BCUT2D eigenvalue weighted by molar-refractivity contribution is 4.49. The van der Waals surface area contributed by atoms with Crippen molar-refractivity contribution in [1.82, 2.24) is 0 Å². The maximum Gasteiger partial charge on any atom is 0.0701 e. The zero-order chi connectivity index (χ0) is 32.4. The van der Waals surface area contributed by atoms with Crippen molar-refractivity contribution in [1.29, 1.82) is 0 Å². The van der Waals surface area contributed by atoms with E-state index in [1.807, 2.05) is 0 Å². The van der Waals surface area contributed by atoms with Crippen LogP contribution in [0.4, 0.5) is 0 Å². The number of hydrogen-bond donors (Lipinski definition) is 0. The maximum absolute atomic E-state index is 5.68. The Morgan fingerprint density at radius 1 is 0.178 bits per heavy atom. The number of ether oxygens (including phenoxy) is 8. The SMILES string of the molecule is CCCCCCCCCCCCCCCCOCCOCCOCCOCCOCCOCCOCCOCCCCCCC. The van der Waals surface area contributed by atoms with Gasteiger partial charge in [-0.1, -0.05) is 123 Å². The van der Waals surface area contributed by atoms with E-state index in [4.69, 9.17) is 37.9 Å². The minimum absolute atomic E-state index is 0.554. The molecule has 0 unspecified atom stereocenters. The Bertz CT molecular complexity index is 455. The Balaban J connectivity index is 3.03. The molecule has 0 saturated carbocycles. The Morgan fingerprint density at radius 3 is 0.533 bits per heavy atom. The van der Waals surface area contributed by atoms with Gasteiger partial charge in [0.05, 0.1) is 92.5 Å². The van der Waals surface area contributed by atoms with Crippen molar-refractivity contribution in [2.45, 2.75) is 136 Å². The predicted molar refractivity (Wildman–Crippen MR) is 186 cm³/mol. The lowest BCUT2D eigenvalue weighted by Gasteiger charge is -2.09. The van der Waals surface area contributed by atoms with Crippen LogP contribution >= 0.6 is 0 Å². The summed E-state index contributed by atoms with van der Waals surface area (Å²) in [6.07, 6.45) is 25.7. The number of rotatable bonds is 42. The fourth-order valence-corrected chi connectivity index (χ4v) is 4.85. The lowest BCUT2D eigenvalue weighted by atomic mass is 10.0. The van der Waals surface area contributed by atoms with Crippen LogP contribution in [0.3, 0.4) is 0 Å². The van der Waals surface area contributed by atoms with E-state index in [0.717, 1.165) is 26.1 Å².